The van der Waals surface area contributed by atoms with Gasteiger partial charge in [0.2, 0.25) is 0 Å². The Kier molecular flexibility index (Phi) is 32.4. The zero-order chi connectivity index (χ0) is 33.3. The first-order chi connectivity index (χ1) is 21.8. The summed E-state index contributed by atoms with van der Waals surface area (Å²) in [6.07, 6.45) is 18.0. The smallest absolute Gasteiger partial charge is 0.126 e. The van der Waals surface area contributed by atoms with E-state index in [-0.39, 0.29) is 24.2 Å². The first-order valence-corrected chi connectivity index (χ1v) is 18.0. The third-order valence-corrected chi connectivity index (χ3v) is 7.72. The number of hydrogen-bond acceptors (Lipinski definition) is 9. The van der Waals surface area contributed by atoms with E-state index in [4.69, 9.17) is 28.4 Å². The van der Waals surface area contributed by atoms with Crippen LogP contribution in [0.4, 0.5) is 0 Å². The van der Waals surface area contributed by atoms with Crippen molar-refractivity contribution in [3.63, 3.8) is 0 Å². The average Bonchev–Trinajstić information content (AvgIpc) is 2.98. The summed E-state index contributed by atoms with van der Waals surface area (Å²) in [5.41, 5.74) is 0. The number of carbonyl (C=O) groups is 1. The van der Waals surface area contributed by atoms with Crippen molar-refractivity contribution in [2.75, 3.05) is 106 Å². The lowest BCUT2D eigenvalue weighted by molar-refractivity contribution is -0.887. The summed E-state index contributed by atoms with van der Waals surface area (Å²) in [4.78, 5) is 10.7. The van der Waals surface area contributed by atoms with E-state index >= 15 is 0 Å². The Morgan fingerprint density at radius 3 is 1.33 bits per heavy atom. The zero-order valence-corrected chi connectivity index (χ0v) is 29.6. The summed E-state index contributed by atoms with van der Waals surface area (Å²) < 4.78 is 33.7. The van der Waals surface area contributed by atoms with Crippen LogP contribution in [0.2, 0.25) is 0 Å². The molecule has 0 saturated carbocycles. The molecule has 0 aliphatic rings. The van der Waals surface area contributed by atoms with Crippen LogP contribution in [0.1, 0.15) is 104 Å². The molecule has 0 bridgehead atoms. The molecule has 2 atom stereocenters. The van der Waals surface area contributed by atoms with E-state index in [1.165, 1.54) is 89.9 Å². The molecular formula is C35H71NO9. The summed E-state index contributed by atoms with van der Waals surface area (Å²) in [6, 6.07) is 0. The topological polar surface area (TPSA) is 116 Å². The van der Waals surface area contributed by atoms with Crippen molar-refractivity contribution in [2.24, 2.45) is 5.92 Å². The van der Waals surface area contributed by atoms with Crippen LogP contribution in [0.3, 0.4) is 0 Å². The van der Waals surface area contributed by atoms with Crippen molar-refractivity contribution in [2.45, 2.75) is 110 Å². The van der Waals surface area contributed by atoms with Gasteiger partial charge in [-0.05, 0) is 18.8 Å². The van der Waals surface area contributed by atoms with Crippen molar-refractivity contribution in [3.8, 4) is 0 Å². The fourth-order valence-electron chi connectivity index (χ4n) is 5.24. The van der Waals surface area contributed by atoms with E-state index in [1.807, 2.05) is 0 Å². The fraction of sp³-hybridized carbons (Fsp3) is 0.971. The SMILES string of the molecule is CCCCCCCCCC(CCCCCCC)COCCOCCOCCOCCOCCOCC(O)C[N+](C)(C)CC(=O)[O-]. The molecular weight excluding hydrogens is 578 g/mol. The molecule has 10 nitrogen and oxygen atoms in total. The second-order valence-electron chi connectivity index (χ2n) is 12.9. The normalized spacial score (nSPS) is 13.4. The summed E-state index contributed by atoms with van der Waals surface area (Å²) in [7, 11) is 3.45. The average molecular weight is 650 g/mol. The number of aliphatic carboxylic acids is 1. The number of carboxylic acids is 1. The highest BCUT2D eigenvalue weighted by molar-refractivity contribution is 5.65. The summed E-state index contributed by atoms with van der Waals surface area (Å²) >= 11 is 0. The number of carbonyl (C=O) groups excluding carboxylic acids is 1. The molecule has 0 aromatic carbocycles. The summed E-state index contributed by atoms with van der Waals surface area (Å²) in [5.74, 6) is -0.464. The largest absolute Gasteiger partial charge is 0.544 e. The molecule has 0 spiro atoms. The molecule has 0 aromatic rings. The van der Waals surface area contributed by atoms with Gasteiger partial charge in [0.05, 0.1) is 92.7 Å². The van der Waals surface area contributed by atoms with E-state index in [0.29, 0.717) is 72.0 Å². The molecule has 45 heavy (non-hydrogen) atoms. The number of aliphatic hydroxyl groups is 1. The molecule has 10 heteroatoms. The molecule has 0 saturated heterocycles. The Bertz CT molecular complexity index is 624. The number of carboxylic acid groups (broad SMARTS) is 1. The van der Waals surface area contributed by atoms with Crippen molar-refractivity contribution in [1.82, 2.24) is 0 Å². The van der Waals surface area contributed by atoms with Gasteiger partial charge in [0, 0.05) is 6.61 Å². The third kappa shape index (κ3) is 34.3. The minimum absolute atomic E-state index is 0.127. The highest BCUT2D eigenvalue weighted by Gasteiger charge is 2.20. The molecule has 1 N–H and O–H groups in total. The van der Waals surface area contributed by atoms with Crippen molar-refractivity contribution in [3.05, 3.63) is 0 Å². The molecule has 0 radical (unpaired) electrons. The van der Waals surface area contributed by atoms with Gasteiger partial charge >= 0.3 is 0 Å². The monoisotopic (exact) mass is 650 g/mol. The van der Waals surface area contributed by atoms with Gasteiger partial charge in [-0.25, -0.2) is 0 Å². The lowest BCUT2D eigenvalue weighted by Crippen LogP contribution is -2.52. The molecule has 0 rings (SSSR count). The van der Waals surface area contributed by atoms with Crippen LogP contribution in [0, 0.1) is 5.92 Å². The Morgan fingerprint density at radius 2 is 0.933 bits per heavy atom. The summed E-state index contributed by atoms with van der Waals surface area (Å²) in [6.45, 7) is 10.6. The number of rotatable bonds is 37. The molecule has 0 aliphatic carbocycles. The first-order valence-electron chi connectivity index (χ1n) is 18.0. The molecule has 0 aliphatic heterocycles. The fourth-order valence-corrected chi connectivity index (χ4v) is 5.24. The molecule has 0 aromatic heterocycles. The van der Waals surface area contributed by atoms with E-state index in [9.17, 15) is 15.0 Å². The Morgan fingerprint density at radius 1 is 0.578 bits per heavy atom. The van der Waals surface area contributed by atoms with E-state index < -0.39 is 12.1 Å². The van der Waals surface area contributed by atoms with Crippen LogP contribution >= 0.6 is 0 Å². The Labute approximate surface area is 276 Å². The van der Waals surface area contributed by atoms with Crippen molar-refractivity contribution < 1.29 is 47.9 Å². The zero-order valence-electron chi connectivity index (χ0n) is 29.6. The molecule has 0 fully saturated rings. The van der Waals surface area contributed by atoms with Gasteiger partial charge in [-0.2, -0.15) is 0 Å². The van der Waals surface area contributed by atoms with Gasteiger partial charge in [0.15, 0.2) is 0 Å². The lowest BCUT2D eigenvalue weighted by Gasteiger charge is -2.31. The predicted molar refractivity (Wildman–Crippen MR) is 177 cm³/mol. The minimum Gasteiger partial charge on any atom is -0.544 e. The second kappa shape index (κ2) is 33.1. The highest BCUT2D eigenvalue weighted by Crippen LogP contribution is 2.19. The van der Waals surface area contributed by atoms with Gasteiger partial charge in [0.25, 0.3) is 0 Å². The highest BCUT2D eigenvalue weighted by atomic mass is 16.6. The van der Waals surface area contributed by atoms with Crippen LogP contribution in [0.15, 0.2) is 0 Å². The number of aliphatic hydroxyl groups excluding tert-OH is 1. The number of unbranched alkanes of at least 4 members (excludes halogenated alkanes) is 10. The number of hydrogen-bond donors (Lipinski definition) is 1. The van der Waals surface area contributed by atoms with Crippen molar-refractivity contribution in [1.29, 1.82) is 0 Å². The Hall–Kier alpha value is -0.850. The maximum absolute atomic E-state index is 10.7. The van der Waals surface area contributed by atoms with Gasteiger partial charge < -0.3 is 47.9 Å². The van der Waals surface area contributed by atoms with Gasteiger partial charge in [0.1, 0.15) is 19.2 Å². The van der Waals surface area contributed by atoms with Crippen LogP contribution in [0.25, 0.3) is 0 Å². The van der Waals surface area contributed by atoms with Crippen LogP contribution in [0.5, 0.6) is 0 Å². The molecule has 270 valence electrons. The Balaban J connectivity index is 3.60. The number of ether oxygens (including phenoxy) is 6. The maximum Gasteiger partial charge on any atom is 0.126 e. The number of quaternary nitrogens is 1. The molecule has 2 unspecified atom stereocenters. The lowest BCUT2D eigenvalue weighted by atomic mass is 9.95. The van der Waals surface area contributed by atoms with Crippen LogP contribution in [-0.4, -0.2) is 128 Å². The van der Waals surface area contributed by atoms with E-state index in [2.05, 4.69) is 13.8 Å². The van der Waals surface area contributed by atoms with Gasteiger partial charge in [-0.15, -0.1) is 0 Å². The summed E-state index contributed by atoms with van der Waals surface area (Å²) in [5, 5.41) is 20.7. The van der Waals surface area contributed by atoms with Crippen molar-refractivity contribution >= 4 is 5.97 Å². The standard InChI is InChI=1S/C35H71NO9/c1-5-7-9-11-12-14-16-18-33(17-15-13-10-8-6-2)31-44-27-25-42-23-21-40-19-20-41-22-24-43-26-28-45-32-34(37)29-36(3,4)30-35(38)39/h33-34,37H,5-32H2,1-4H3. The quantitative estimate of drug-likeness (QED) is 0.0773. The van der Waals surface area contributed by atoms with Gasteiger partial charge in [-0.3, -0.25) is 0 Å². The van der Waals surface area contributed by atoms with E-state index in [1.54, 1.807) is 14.1 Å². The number of likely N-dealkylation sites (N-methyl/N-ethyl adjacent to an activating group) is 1. The molecule has 0 amide bonds. The predicted octanol–water partition coefficient (Wildman–Crippen LogP) is 4.39. The third-order valence-electron chi connectivity index (χ3n) is 7.72. The van der Waals surface area contributed by atoms with Crippen LogP contribution in [-0.2, 0) is 33.2 Å². The van der Waals surface area contributed by atoms with Gasteiger partial charge in [-0.1, -0.05) is 90.9 Å². The number of nitrogens with zero attached hydrogens (tertiary/aromatic N) is 1. The molecule has 0 heterocycles. The van der Waals surface area contributed by atoms with Crippen LogP contribution < -0.4 is 5.11 Å². The van der Waals surface area contributed by atoms with E-state index in [0.717, 1.165) is 6.61 Å². The first kappa shape index (κ1) is 44.1. The second-order valence-corrected chi connectivity index (χ2v) is 12.9. The minimum atomic E-state index is -1.14. The maximum atomic E-state index is 10.7.